The molecule has 2 nitrogen and oxygen atoms in total. The van der Waals surface area contributed by atoms with E-state index in [-0.39, 0.29) is 10.9 Å². The van der Waals surface area contributed by atoms with Gasteiger partial charge in [0.1, 0.15) is 5.82 Å². The molecular weight excluding hydrogens is 192 g/mol. The van der Waals surface area contributed by atoms with Crippen molar-refractivity contribution >= 4 is 10.9 Å². The fraction of sp³-hybridized carbons (Fsp3) is 0.636. The summed E-state index contributed by atoms with van der Waals surface area (Å²) in [4.78, 5) is 8.73. The van der Waals surface area contributed by atoms with E-state index in [2.05, 4.69) is 37.0 Å². The van der Waals surface area contributed by atoms with Crippen LogP contribution in [0.2, 0.25) is 0 Å². The molecule has 0 amide bonds. The minimum Gasteiger partial charge on any atom is -0.252 e. The molecule has 1 unspecified atom stereocenters. The molecule has 1 aromatic heterocycles. The average molecular weight is 212 g/mol. The van der Waals surface area contributed by atoms with Gasteiger partial charge in [-0.05, 0) is 17.6 Å². The normalized spacial score (nSPS) is 14.5. The van der Waals surface area contributed by atoms with Crippen LogP contribution in [0.25, 0.3) is 0 Å². The van der Waals surface area contributed by atoms with Crippen LogP contribution in [0.3, 0.4) is 0 Å². The summed E-state index contributed by atoms with van der Waals surface area (Å²) in [5.41, 5.74) is 1.28. The van der Waals surface area contributed by atoms with Crippen molar-refractivity contribution in [3.63, 3.8) is 0 Å². The first-order valence-corrected chi connectivity index (χ1v) is 7.28. The first-order valence-electron chi connectivity index (χ1n) is 5.12. The molecular formula is C11H20N2S. The molecule has 0 saturated carbocycles. The summed E-state index contributed by atoms with van der Waals surface area (Å²) in [6, 6.07) is 0. The number of rotatable bonds is 4. The minimum atomic E-state index is 0.140. The molecule has 1 heterocycles. The highest BCUT2D eigenvalue weighted by Gasteiger charge is 2.03. The zero-order valence-electron chi connectivity index (χ0n) is 9.49. The molecule has 3 heteroatoms. The lowest BCUT2D eigenvalue weighted by atomic mass is 10.2. The standard InChI is InChI=1S/C11H20N2S/c1-5-14(4)8-10-6-12-11(9(2)3)13-7-10/h6-7,9,14H,5,8H2,1-4H3. The van der Waals surface area contributed by atoms with Crippen molar-refractivity contribution < 1.29 is 0 Å². The van der Waals surface area contributed by atoms with E-state index in [0.717, 1.165) is 11.6 Å². The Hall–Kier alpha value is -0.570. The largest absolute Gasteiger partial charge is 0.252 e. The summed E-state index contributed by atoms with van der Waals surface area (Å²) in [7, 11) is 0.140. The van der Waals surface area contributed by atoms with E-state index in [1.54, 1.807) is 0 Å². The van der Waals surface area contributed by atoms with Crippen LogP contribution in [0, 0.1) is 0 Å². The first-order chi connectivity index (χ1) is 6.63. The third-order valence-electron chi connectivity index (χ3n) is 2.23. The van der Waals surface area contributed by atoms with Gasteiger partial charge in [-0.3, -0.25) is 10.9 Å². The molecule has 80 valence electrons. The zero-order valence-corrected chi connectivity index (χ0v) is 10.4. The predicted octanol–water partition coefficient (Wildman–Crippen LogP) is 2.75. The van der Waals surface area contributed by atoms with Gasteiger partial charge < -0.3 is 0 Å². The number of thiol groups is 1. The van der Waals surface area contributed by atoms with Crippen LogP contribution < -0.4 is 0 Å². The predicted molar refractivity (Wildman–Crippen MR) is 65.3 cm³/mol. The summed E-state index contributed by atoms with van der Waals surface area (Å²) < 4.78 is 0. The highest BCUT2D eigenvalue weighted by molar-refractivity contribution is 8.15. The van der Waals surface area contributed by atoms with Gasteiger partial charge in [0.25, 0.3) is 0 Å². The van der Waals surface area contributed by atoms with E-state index in [4.69, 9.17) is 0 Å². The lowest BCUT2D eigenvalue weighted by molar-refractivity contribution is 0.770. The lowest BCUT2D eigenvalue weighted by Crippen LogP contribution is -1.99. The van der Waals surface area contributed by atoms with Crippen molar-refractivity contribution in [2.24, 2.45) is 0 Å². The molecule has 1 atom stereocenters. The molecule has 0 aliphatic rings. The van der Waals surface area contributed by atoms with E-state index in [9.17, 15) is 0 Å². The molecule has 0 fully saturated rings. The third-order valence-corrected chi connectivity index (χ3v) is 4.22. The molecule has 0 N–H and O–H groups in total. The van der Waals surface area contributed by atoms with E-state index < -0.39 is 0 Å². The maximum absolute atomic E-state index is 4.36. The highest BCUT2D eigenvalue weighted by Crippen LogP contribution is 2.24. The average Bonchev–Trinajstić information content (AvgIpc) is 2.18. The van der Waals surface area contributed by atoms with Crippen LogP contribution in [-0.4, -0.2) is 22.0 Å². The van der Waals surface area contributed by atoms with Crippen LogP contribution in [-0.2, 0) is 5.75 Å². The van der Waals surface area contributed by atoms with Crippen molar-refractivity contribution in [3.8, 4) is 0 Å². The SMILES string of the molecule is CC[SH](C)Cc1cnc(C(C)C)nc1. The second-order valence-electron chi connectivity index (χ2n) is 3.93. The molecule has 1 aromatic rings. The van der Waals surface area contributed by atoms with Crippen molar-refractivity contribution in [2.75, 3.05) is 12.0 Å². The second-order valence-corrected chi connectivity index (χ2v) is 6.60. The highest BCUT2D eigenvalue weighted by atomic mass is 32.2. The van der Waals surface area contributed by atoms with Crippen molar-refractivity contribution in [2.45, 2.75) is 32.4 Å². The molecule has 14 heavy (non-hydrogen) atoms. The van der Waals surface area contributed by atoms with E-state index in [0.29, 0.717) is 5.92 Å². The Balaban J connectivity index is 2.64. The number of aromatic nitrogens is 2. The summed E-state index contributed by atoms with van der Waals surface area (Å²) in [6.07, 6.45) is 6.29. The Morgan fingerprint density at radius 2 is 1.86 bits per heavy atom. The Kier molecular flexibility index (Phi) is 4.39. The van der Waals surface area contributed by atoms with Crippen molar-refractivity contribution in [3.05, 3.63) is 23.8 Å². The van der Waals surface area contributed by atoms with Gasteiger partial charge in [0.15, 0.2) is 0 Å². The quantitative estimate of drug-likeness (QED) is 0.777. The number of hydrogen-bond donors (Lipinski definition) is 1. The smallest absolute Gasteiger partial charge is 0.130 e. The summed E-state index contributed by atoms with van der Waals surface area (Å²) >= 11 is 0. The minimum absolute atomic E-state index is 0.140. The Morgan fingerprint density at radius 1 is 1.29 bits per heavy atom. The van der Waals surface area contributed by atoms with Gasteiger partial charge in [-0.1, -0.05) is 20.8 Å². The molecule has 0 aromatic carbocycles. The maximum atomic E-state index is 4.36. The molecule has 1 rings (SSSR count). The van der Waals surface area contributed by atoms with Gasteiger partial charge in [0.05, 0.1) is 0 Å². The fourth-order valence-corrected chi connectivity index (χ4v) is 2.18. The number of hydrogen-bond acceptors (Lipinski definition) is 2. The molecule has 0 bridgehead atoms. The summed E-state index contributed by atoms with van der Waals surface area (Å²) in [5.74, 6) is 3.81. The monoisotopic (exact) mass is 212 g/mol. The number of nitrogens with zero attached hydrogens (tertiary/aromatic N) is 2. The first kappa shape index (κ1) is 11.5. The Labute approximate surface area is 89.5 Å². The van der Waals surface area contributed by atoms with E-state index in [1.807, 2.05) is 12.4 Å². The van der Waals surface area contributed by atoms with Gasteiger partial charge in [-0.15, -0.1) is 0 Å². The van der Waals surface area contributed by atoms with Crippen LogP contribution in [0.4, 0.5) is 0 Å². The van der Waals surface area contributed by atoms with E-state index in [1.165, 1.54) is 11.3 Å². The molecule has 0 saturated heterocycles. The lowest BCUT2D eigenvalue weighted by Gasteiger charge is -2.12. The Bertz CT molecular complexity index is 269. The van der Waals surface area contributed by atoms with Crippen LogP contribution in [0.15, 0.2) is 12.4 Å². The van der Waals surface area contributed by atoms with Gasteiger partial charge in [-0.25, -0.2) is 9.97 Å². The third kappa shape index (κ3) is 3.29. The molecule has 0 radical (unpaired) electrons. The van der Waals surface area contributed by atoms with Crippen LogP contribution in [0.5, 0.6) is 0 Å². The van der Waals surface area contributed by atoms with Crippen LogP contribution >= 0.6 is 10.9 Å². The van der Waals surface area contributed by atoms with Gasteiger partial charge in [-0.2, -0.15) is 0 Å². The maximum Gasteiger partial charge on any atom is 0.130 e. The fourth-order valence-electron chi connectivity index (χ4n) is 1.17. The van der Waals surface area contributed by atoms with Crippen molar-refractivity contribution in [1.82, 2.24) is 9.97 Å². The second kappa shape index (κ2) is 5.35. The molecule has 0 spiro atoms. The Morgan fingerprint density at radius 3 is 2.29 bits per heavy atom. The topological polar surface area (TPSA) is 25.8 Å². The summed E-state index contributed by atoms with van der Waals surface area (Å²) in [5, 5.41) is 0. The van der Waals surface area contributed by atoms with Gasteiger partial charge >= 0.3 is 0 Å². The molecule has 0 aliphatic heterocycles. The zero-order chi connectivity index (χ0) is 10.6. The molecule has 0 aliphatic carbocycles. The van der Waals surface area contributed by atoms with Crippen molar-refractivity contribution in [1.29, 1.82) is 0 Å². The van der Waals surface area contributed by atoms with E-state index >= 15 is 0 Å². The summed E-state index contributed by atoms with van der Waals surface area (Å²) in [6.45, 7) is 6.48. The van der Waals surface area contributed by atoms with Crippen LogP contribution in [0.1, 0.15) is 38.1 Å². The van der Waals surface area contributed by atoms with Gasteiger partial charge in [0, 0.05) is 24.1 Å². The van der Waals surface area contributed by atoms with Gasteiger partial charge in [0.2, 0.25) is 0 Å².